The molecule has 0 unspecified atom stereocenters. The van der Waals surface area contributed by atoms with E-state index in [1.165, 1.54) is 0 Å². The van der Waals surface area contributed by atoms with Crippen molar-refractivity contribution >= 4 is 0 Å². The smallest absolute Gasteiger partial charge is 0.146 e. The van der Waals surface area contributed by atoms with Gasteiger partial charge in [-0.05, 0) is 26.2 Å². The molecule has 0 aliphatic carbocycles. The number of likely N-dealkylation sites (tertiary alicyclic amines) is 1. The predicted molar refractivity (Wildman–Crippen MR) is 71.7 cm³/mol. The van der Waals surface area contributed by atoms with E-state index < -0.39 is 0 Å². The molecule has 0 bridgehead atoms. The van der Waals surface area contributed by atoms with Gasteiger partial charge in [0.15, 0.2) is 0 Å². The van der Waals surface area contributed by atoms with Gasteiger partial charge in [-0.1, -0.05) is 0 Å². The zero-order valence-corrected chi connectivity index (χ0v) is 11.9. The van der Waals surface area contributed by atoms with Crippen molar-refractivity contribution in [2.45, 2.75) is 38.8 Å². The number of hydrogen-bond donors (Lipinski definition) is 1. The van der Waals surface area contributed by atoms with Crippen LogP contribution < -0.4 is 0 Å². The average Bonchev–Trinajstić information content (AvgIpc) is 2.73. The van der Waals surface area contributed by atoms with E-state index in [0.717, 1.165) is 50.5 Å². The van der Waals surface area contributed by atoms with Crippen LogP contribution in [0.5, 0.6) is 0 Å². The minimum absolute atomic E-state index is 0.213. The normalized spacial score (nSPS) is 18.1. The van der Waals surface area contributed by atoms with Gasteiger partial charge in [-0.25, -0.2) is 0 Å². The van der Waals surface area contributed by atoms with Crippen LogP contribution in [0.15, 0.2) is 0 Å². The van der Waals surface area contributed by atoms with Crippen molar-refractivity contribution in [1.82, 2.24) is 19.7 Å². The highest BCUT2D eigenvalue weighted by Crippen LogP contribution is 2.15. The zero-order chi connectivity index (χ0) is 13.7. The lowest BCUT2D eigenvalue weighted by atomic mass is 10.1. The van der Waals surface area contributed by atoms with Gasteiger partial charge >= 0.3 is 0 Å². The monoisotopic (exact) mass is 268 g/mol. The Morgan fingerprint density at radius 1 is 1.32 bits per heavy atom. The number of ether oxygens (including phenoxy) is 1. The van der Waals surface area contributed by atoms with E-state index in [2.05, 4.69) is 15.1 Å². The van der Waals surface area contributed by atoms with Crippen molar-refractivity contribution in [3.63, 3.8) is 0 Å². The molecule has 0 spiro atoms. The molecular formula is C13H24N4O2. The molecule has 1 aromatic heterocycles. The van der Waals surface area contributed by atoms with Gasteiger partial charge in [0.1, 0.15) is 11.6 Å². The molecule has 1 fully saturated rings. The van der Waals surface area contributed by atoms with Gasteiger partial charge in [0.2, 0.25) is 0 Å². The highest BCUT2D eigenvalue weighted by molar-refractivity contribution is 4.93. The third-order valence-corrected chi connectivity index (χ3v) is 3.74. The van der Waals surface area contributed by atoms with Gasteiger partial charge in [-0.2, -0.15) is 0 Å². The van der Waals surface area contributed by atoms with Crippen LogP contribution in [0.2, 0.25) is 0 Å². The Bertz CT molecular complexity index is 386. The first-order valence-corrected chi connectivity index (χ1v) is 7.00. The third kappa shape index (κ3) is 3.99. The van der Waals surface area contributed by atoms with Crippen molar-refractivity contribution in [3.8, 4) is 0 Å². The van der Waals surface area contributed by atoms with E-state index >= 15 is 0 Å². The molecule has 0 saturated carbocycles. The summed E-state index contributed by atoms with van der Waals surface area (Å²) in [6, 6.07) is 0. The molecule has 2 heterocycles. The Balaban J connectivity index is 1.73. The van der Waals surface area contributed by atoms with Crippen LogP contribution >= 0.6 is 0 Å². The summed E-state index contributed by atoms with van der Waals surface area (Å²) in [6.45, 7) is 5.79. The van der Waals surface area contributed by atoms with E-state index in [1.807, 2.05) is 18.5 Å². The fourth-order valence-electron chi connectivity index (χ4n) is 2.34. The minimum atomic E-state index is 0.213. The second kappa shape index (κ2) is 6.98. The van der Waals surface area contributed by atoms with Crippen molar-refractivity contribution in [2.24, 2.45) is 7.05 Å². The van der Waals surface area contributed by atoms with Gasteiger partial charge in [0, 0.05) is 33.4 Å². The summed E-state index contributed by atoms with van der Waals surface area (Å²) >= 11 is 0. The van der Waals surface area contributed by atoms with E-state index in [9.17, 15) is 0 Å². The predicted octanol–water partition coefficient (Wildman–Crippen LogP) is 0.487. The lowest BCUT2D eigenvalue weighted by Gasteiger charge is -2.31. The van der Waals surface area contributed by atoms with Gasteiger partial charge < -0.3 is 14.4 Å². The summed E-state index contributed by atoms with van der Waals surface area (Å²) in [6.07, 6.45) is 3.20. The maximum atomic E-state index is 8.73. The Kier molecular flexibility index (Phi) is 5.30. The molecule has 1 aliphatic heterocycles. The molecule has 0 aromatic carbocycles. The highest BCUT2D eigenvalue weighted by Gasteiger charge is 2.20. The molecule has 108 valence electrons. The van der Waals surface area contributed by atoms with Gasteiger partial charge in [0.05, 0.1) is 12.6 Å². The van der Waals surface area contributed by atoms with Crippen LogP contribution in [0.25, 0.3) is 0 Å². The number of rotatable bonds is 6. The first-order chi connectivity index (χ1) is 9.20. The molecule has 1 aliphatic rings. The van der Waals surface area contributed by atoms with Crippen molar-refractivity contribution in [2.75, 3.05) is 26.3 Å². The standard InChI is InChI=1S/C13H24N4O2/c1-11-14-15-13(16(11)2)10-17-6-4-12(5-7-17)19-9-3-8-18/h12,18H,3-10H2,1-2H3. The van der Waals surface area contributed by atoms with E-state index in [-0.39, 0.29) is 6.61 Å². The number of aryl methyl sites for hydroxylation is 1. The molecular weight excluding hydrogens is 244 g/mol. The minimum Gasteiger partial charge on any atom is -0.396 e. The molecule has 0 radical (unpaired) electrons. The third-order valence-electron chi connectivity index (χ3n) is 3.74. The topological polar surface area (TPSA) is 63.4 Å². The fraction of sp³-hybridized carbons (Fsp3) is 0.846. The van der Waals surface area contributed by atoms with E-state index in [1.54, 1.807) is 0 Å². The second-order valence-electron chi connectivity index (χ2n) is 5.15. The second-order valence-corrected chi connectivity index (χ2v) is 5.15. The van der Waals surface area contributed by atoms with E-state index in [4.69, 9.17) is 9.84 Å². The maximum absolute atomic E-state index is 8.73. The highest BCUT2D eigenvalue weighted by atomic mass is 16.5. The number of aromatic nitrogens is 3. The SMILES string of the molecule is Cc1nnc(CN2CCC(OCCCO)CC2)n1C. The van der Waals surface area contributed by atoms with Crippen molar-refractivity contribution in [3.05, 3.63) is 11.6 Å². The Hall–Kier alpha value is -0.980. The maximum Gasteiger partial charge on any atom is 0.146 e. The molecule has 0 amide bonds. The van der Waals surface area contributed by atoms with Crippen LogP contribution in [0.4, 0.5) is 0 Å². The summed E-state index contributed by atoms with van der Waals surface area (Å²) in [5.41, 5.74) is 0. The number of piperidine rings is 1. The quantitative estimate of drug-likeness (QED) is 0.761. The summed E-state index contributed by atoms with van der Waals surface area (Å²) in [7, 11) is 2.01. The number of hydrogen-bond acceptors (Lipinski definition) is 5. The summed E-state index contributed by atoms with van der Waals surface area (Å²) in [4.78, 5) is 2.40. The zero-order valence-electron chi connectivity index (χ0n) is 11.9. The molecule has 6 nitrogen and oxygen atoms in total. The van der Waals surface area contributed by atoms with E-state index in [0.29, 0.717) is 12.7 Å². The Morgan fingerprint density at radius 3 is 2.63 bits per heavy atom. The molecule has 19 heavy (non-hydrogen) atoms. The Morgan fingerprint density at radius 2 is 2.05 bits per heavy atom. The number of aliphatic hydroxyl groups excluding tert-OH is 1. The van der Waals surface area contributed by atoms with Gasteiger partial charge in [-0.3, -0.25) is 4.90 Å². The molecule has 0 atom stereocenters. The van der Waals surface area contributed by atoms with Crippen LogP contribution in [0.3, 0.4) is 0 Å². The Labute approximate surface area is 114 Å². The summed E-state index contributed by atoms with van der Waals surface area (Å²) < 4.78 is 7.78. The van der Waals surface area contributed by atoms with Gasteiger partial charge in [-0.15, -0.1) is 10.2 Å². The first kappa shape index (κ1) is 14.4. The first-order valence-electron chi connectivity index (χ1n) is 7.00. The van der Waals surface area contributed by atoms with Gasteiger partial charge in [0.25, 0.3) is 0 Å². The summed E-state index contributed by atoms with van der Waals surface area (Å²) in [5.74, 6) is 1.98. The van der Waals surface area contributed by atoms with Crippen molar-refractivity contribution < 1.29 is 9.84 Å². The lowest BCUT2D eigenvalue weighted by molar-refractivity contribution is 0.000200. The molecule has 1 N–H and O–H groups in total. The van der Waals surface area contributed by atoms with Crippen LogP contribution in [0, 0.1) is 6.92 Å². The summed E-state index contributed by atoms with van der Waals surface area (Å²) in [5, 5.41) is 17.0. The van der Waals surface area contributed by atoms with Crippen LogP contribution in [-0.2, 0) is 18.3 Å². The van der Waals surface area contributed by atoms with Crippen molar-refractivity contribution in [1.29, 1.82) is 0 Å². The average molecular weight is 268 g/mol. The lowest BCUT2D eigenvalue weighted by Crippen LogP contribution is -2.37. The molecule has 1 saturated heterocycles. The molecule has 1 aromatic rings. The fourth-order valence-corrected chi connectivity index (χ4v) is 2.34. The number of aliphatic hydroxyl groups is 1. The van der Waals surface area contributed by atoms with Crippen LogP contribution in [0.1, 0.15) is 30.9 Å². The number of nitrogens with zero attached hydrogens (tertiary/aromatic N) is 4. The largest absolute Gasteiger partial charge is 0.396 e. The van der Waals surface area contributed by atoms with Crippen LogP contribution in [-0.4, -0.2) is 57.2 Å². The molecule has 2 rings (SSSR count). The molecule has 6 heteroatoms.